The second kappa shape index (κ2) is 26.3. The van der Waals surface area contributed by atoms with Gasteiger partial charge in [0.25, 0.3) is 0 Å². The van der Waals surface area contributed by atoms with Crippen LogP contribution in [0.4, 0.5) is 0 Å². The van der Waals surface area contributed by atoms with E-state index < -0.39 is 24.9 Å². The first-order valence-corrected chi connectivity index (χ1v) is 14.0. The van der Waals surface area contributed by atoms with Gasteiger partial charge in [-0.15, -0.1) is 0 Å². The summed E-state index contributed by atoms with van der Waals surface area (Å²) in [7, 11) is 0. The van der Waals surface area contributed by atoms with Crippen LogP contribution < -0.4 is 0 Å². The molecule has 0 aromatic heterocycles. The summed E-state index contributed by atoms with van der Waals surface area (Å²) in [5.74, 6) is -0.311. The van der Waals surface area contributed by atoms with Gasteiger partial charge in [0, 0.05) is 6.42 Å². The first-order valence-electron chi connectivity index (χ1n) is 14.0. The summed E-state index contributed by atoms with van der Waals surface area (Å²) in [4.78, 5) is 11.8. The summed E-state index contributed by atoms with van der Waals surface area (Å²) >= 11 is 0. The van der Waals surface area contributed by atoms with Crippen molar-refractivity contribution in [2.75, 3.05) is 39.6 Å². The third kappa shape index (κ3) is 26.1. The minimum absolute atomic E-state index is 0.0542. The van der Waals surface area contributed by atoms with Crippen molar-refractivity contribution in [1.29, 1.82) is 0 Å². The Hall–Kier alpha value is -0.770. The lowest BCUT2D eigenvalue weighted by Gasteiger charge is -2.15. The highest BCUT2D eigenvalue weighted by Crippen LogP contribution is 2.13. The van der Waals surface area contributed by atoms with Gasteiger partial charge in [-0.2, -0.15) is 0 Å². The molecule has 35 heavy (non-hydrogen) atoms. The van der Waals surface area contributed by atoms with Crippen molar-refractivity contribution < 1.29 is 39.4 Å². The predicted molar refractivity (Wildman–Crippen MR) is 137 cm³/mol. The molecule has 0 aromatic rings. The molecule has 0 unspecified atom stereocenters. The van der Waals surface area contributed by atoms with Crippen LogP contribution in [0.3, 0.4) is 0 Å². The maximum atomic E-state index is 11.8. The molecule has 4 N–H and O–H groups in total. The normalized spacial score (nSPS) is 14.1. The highest BCUT2D eigenvalue weighted by Gasteiger charge is 2.12. The zero-order valence-electron chi connectivity index (χ0n) is 22.2. The van der Waals surface area contributed by atoms with Crippen LogP contribution in [0.1, 0.15) is 110 Å². The lowest BCUT2D eigenvalue weighted by molar-refractivity contribution is -0.148. The minimum Gasteiger partial charge on any atom is -0.463 e. The van der Waals surface area contributed by atoms with Gasteiger partial charge in [0.05, 0.1) is 33.0 Å². The number of unbranched alkanes of at least 4 members (excludes halogenated alkanes) is 14. The number of aliphatic hydroxyl groups is 4. The average Bonchev–Trinajstić information content (AvgIpc) is 2.85. The summed E-state index contributed by atoms with van der Waals surface area (Å²) in [5, 5.41) is 37.3. The highest BCUT2D eigenvalue weighted by atomic mass is 16.6. The van der Waals surface area contributed by atoms with E-state index in [4.69, 9.17) is 24.4 Å². The van der Waals surface area contributed by atoms with Gasteiger partial charge in [-0.1, -0.05) is 96.8 Å². The summed E-state index contributed by atoms with van der Waals surface area (Å²) in [6.45, 7) is 1.46. The van der Waals surface area contributed by atoms with E-state index in [0.717, 1.165) is 19.3 Å². The van der Waals surface area contributed by atoms with Crippen LogP contribution in [-0.2, 0) is 19.0 Å². The van der Waals surface area contributed by atoms with Crippen molar-refractivity contribution in [3.63, 3.8) is 0 Å². The number of rotatable bonds is 27. The Morgan fingerprint density at radius 3 is 1.37 bits per heavy atom. The van der Waals surface area contributed by atoms with Crippen LogP contribution in [0.15, 0.2) is 0 Å². The van der Waals surface area contributed by atoms with E-state index >= 15 is 0 Å². The molecule has 0 saturated carbocycles. The van der Waals surface area contributed by atoms with E-state index in [0.29, 0.717) is 6.42 Å². The van der Waals surface area contributed by atoms with E-state index in [1.165, 1.54) is 77.0 Å². The van der Waals surface area contributed by atoms with Crippen LogP contribution in [-0.4, -0.2) is 84.3 Å². The van der Waals surface area contributed by atoms with Gasteiger partial charge in [0.15, 0.2) is 0 Å². The molecule has 0 radical (unpaired) electrons. The largest absolute Gasteiger partial charge is 0.463 e. The number of carbonyl (C=O) groups excluding carboxylic acids is 1. The molecule has 0 heterocycles. The predicted octanol–water partition coefficient (Wildman–Crippen LogP) is 3.90. The molecule has 0 amide bonds. The van der Waals surface area contributed by atoms with Crippen molar-refractivity contribution in [3.05, 3.63) is 0 Å². The Morgan fingerprint density at radius 1 is 0.571 bits per heavy atom. The smallest absolute Gasteiger partial charge is 0.305 e. The van der Waals surface area contributed by atoms with E-state index in [-0.39, 0.29) is 39.0 Å². The SMILES string of the molecule is CCCCCCCCCCCCCCCCCC(=O)OC[C@@H](O)COC[C@@H](O)COC[C@H](O)CO. The first kappa shape index (κ1) is 34.2. The molecule has 210 valence electrons. The molecule has 0 rings (SSSR count). The van der Waals surface area contributed by atoms with Crippen molar-refractivity contribution in [3.8, 4) is 0 Å². The van der Waals surface area contributed by atoms with Gasteiger partial charge in [-0.25, -0.2) is 0 Å². The van der Waals surface area contributed by atoms with Crippen LogP contribution >= 0.6 is 0 Å². The molecule has 0 aliphatic carbocycles. The molecule has 3 atom stereocenters. The molecular formula is C27H54O8. The van der Waals surface area contributed by atoms with Crippen molar-refractivity contribution >= 4 is 5.97 Å². The zero-order chi connectivity index (χ0) is 26.0. The van der Waals surface area contributed by atoms with Gasteiger partial charge >= 0.3 is 5.97 Å². The Balaban J connectivity index is 3.39. The van der Waals surface area contributed by atoms with Gasteiger partial charge in [0.2, 0.25) is 0 Å². The Bertz CT molecular complexity index is 449. The van der Waals surface area contributed by atoms with Crippen LogP contribution in [0.25, 0.3) is 0 Å². The van der Waals surface area contributed by atoms with Crippen molar-refractivity contribution in [2.45, 2.75) is 128 Å². The van der Waals surface area contributed by atoms with Gasteiger partial charge < -0.3 is 34.6 Å². The molecule has 8 heteroatoms. The summed E-state index contributed by atoms with van der Waals surface area (Å²) < 4.78 is 15.3. The zero-order valence-corrected chi connectivity index (χ0v) is 22.2. The number of esters is 1. The number of hydrogen-bond donors (Lipinski definition) is 4. The van der Waals surface area contributed by atoms with E-state index in [1.54, 1.807) is 0 Å². The Morgan fingerprint density at radius 2 is 0.943 bits per heavy atom. The Kier molecular flexibility index (Phi) is 25.7. The number of ether oxygens (including phenoxy) is 3. The molecule has 0 fully saturated rings. The lowest BCUT2D eigenvalue weighted by atomic mass is 10.0. The van der Waals surface area contributed by atoms with E-state index in [1.807, 2.05) is 0 Å². The first-order chi connectivity index (χ1) is 17.0. The maximum Gasteiger partial charge on any atom is 0.305 e. The third-order valence-corrected chi connectivity index (χ3v) is 5.87. The second-order valence-electron chi connectivity index (χ2n) is 9.60. The van der Waals surface area contributed by atoms with Crippen molar-refractivity contribution in [2.24, 2.45) is 0 Å². The highest BCUT2D eigenvalue weighted by molar-refractivity contribution is 5.69. The number of carbonyl (C=O) groups is 1. The fourth-order valence-corrected chi connectivity index (χ4v) is 3.73. The van der Waals surface area contributed by atoms with E-state index in [9.17, 15) is 15.0 Å². The molecule has 0 aromatic carbocycles. The molecule has 0 bridgehead atoms. The number of hydrogen-bond acceptors (Lipinski definition) is 8. The quantitative estimate of drug-likeness (QED) is 0.0976. The van der Waals surface area contributed by atoms with Gasteiger partial charge in [-0.05, 0) is 6.42 Å². The Labute approximate surface area is 213 Å². The topological polar surface area (TPSA) is 126 Å². The van der Waals surface area contributed by atoms with Crippen LogP contribution in [0.5, 0.6) is 0 Å². The minimum atomic E-state index is -0.978. The standard InChI is InChI=1S/C27H54O8/c1-2-3-4-5-6-7-8-9-10-11-12-13-14-15-16-17-27(32)35-23-26(31)22-34-21-25(30)20-33-19-24(29)18-28/h24-26,28-31H,2-23H2,1H3/t24-,25+,26+/m1/s1. The molecule has 0 spiro atoms. The third-order valence-electron chi connectivity index (χ3n) is 5.87. The molecule has 0 aliphatic rings. The van der Waals surface area contributed by atoms with Gasteiger partial charge in [0.1, 0.15) is 24.9 Å². The second-order valence-corrected chi connectivity index (χ2v) is 9.60. The summed E-state index contributed by atoms with van der Waals surface area (Å²) in [5.41, 5.74) is 0. The molecule has 0 aliphatic heterocycles. The lowest BCUT2D eigenvalue weighted by Crippen LogP contribution is -2.29. The molecular weight excluding hydrogens is 452 g/mol. The molecule has 8 nitrogen and oxygen atoms in total. The summed E-state index contributed by atoms with van der Waals surface area (Å²) in [6, 6.07) is 0. The monoisotopic (exact) mass is 506 g/mol. The fraction of sp³-hybridized carbons (Fsp3) is 0.963. The van der Waals surface area contributed by atoms with Crippen molar-refractivity contribution in [1.82, 2.24) is 0 Å². The average molecular weight is 507 g/mol. The molecule has 0 saturated heterocycles. The van der Waals surface area contributed by atoms with Gasteiger partial charge in [-0.3, -0.25) is 4.79 Å². The maximum absolute atomic E-state index is 11.8. The van der Waals surface area contributed by atoms with Crippen LogP contribution in [0, 0.1) is 0 Å². The van der Waals surface area contributed by atoms with E-state index in [2.05, 4.69) is 6.92 Å². The summed E-state index contributed by atoms with van der Waals surface area (Å²) in [6.07, 6.45) is 16.7. The number of aliphatic hydroxyl groups excluding tert-OH is 4. The fourth-order valence-electron chi connectivity index (χ4n) is 3.73. The van der Waals surface area contributed by atoms with Crippen LogP contribution in [0.2, 0.25) is 0 Å².